The Balaban J connectivity index is 1.57. The first-order valence-corrected chi connectivity index (χ1v) is 13.6. The number of carbonyl (C=O) groups is 2. The van der Waals surface area contributed by atoms with Crippen molar-refractivity contribution in [2.45, 2.75) is 19.1 Å². The van der Waals surface area contributed by atoms with Crippen molar-refractivity contribution in [2.75, 3.05) is 38.5 Å². The van der Waals surface area contributed by atoms with Crippen molar-refractivity contribution in [2.24, 2.45) is 0 Å². The fourth-order valence-electron chi connectivity index (χ4n) is 4.81. The molecule has 0 unspecified atom stereocenters. The second-order valence-electron chi connectivity index (χ2n) is 10.1. The van der Waals surface area contributed by atoms with E-state index in [0.717, 1.165) is 11.3 Å². The van der Waals surface area contributed by atoms with E-state index in [9.17, 15) is 9.59 Å². The number of ether oxygens (including phenoxy) is 2. The first-order chi connectivity index (χ1) is 20.9. The third kappa shape index (κ3) is 6.56. The highest BCUT2D eigenvalue weighted by atomic mass is 16.5. The Morgan fingerprint density at radius 1 is 0.930 bits per heavy atom. The molecule has 220 valence electrons. The number of aromatic nitrogens is 4. The molecule has 43 heavy (non-hydrogen) atoms. The predicted molar refractivity (Wildman–Crippen MR) is 164 cm³/mol. The maximum Gasteiger partial charge on any atom is 0.251 e. The smallest absolute Gasteiger partial charge is 0.251 e. The van der Waals surface area contributed by atoms with Crippen LogP contribution < -0.4 is 19.7 Å². The summed E-state index contributed by atoms with van der Waals surface area (Å²) in [5.41, 5.74) is 4.27. The van der Waals surface area contributed by atoms with Crippen LogP contribution in [0.15, 0.2) is 91.3 Å². The maximum atomic E-state index is 14.2. The van der Waals surface area contributed by atoms with Gasteiger partial charge in [-0.15, -0.1) is 5.10 Å². The third-order valence-electron chi connectivity index (χ3n) is 7.04. The number of nitrogens with one attached hydrogen (secondary N) is 1. The lowest BCUT2D eigenvalue weighted by Crippen LogP contribution is -2.42. The van der Waals surface area contributed by atoms with Gasteiger partial charge in [0.05, 0.1) is 19.7 Å². The molecule has 2 heterocycles. The van der Waals surface area contributed by atoms with Gasteiger partial charge in [-0.05, 0) is 65.7 Å². The van der Waals surface area contributed by atoms with Crippen LogP contribution in [0.3, 0.4) is 0 Å². The highest BCUT2D eigenvalue weighted by molar-refractivity contribution is 5.98. The van der Waals surface area contributed by atoms with Gasteiger partial charge in [-0.25, -0.2) is 4.68 Å². The van der Waals surface area contributed by atoms with Crippen molar-refractivity contribution in [1.29, 1.82) is 0 Å². The zero-order valence-corrected chi connectivity index (χ0v) is 24.5. The highest BCUT2D eigenvalue weighted by Crippen LogP contribution is 2.34. The molecular formula is C32H33N7O4. The van der Waals surface area contributed by atoms with Gasteiger partial charge in [0.25, 0.3) is 5.91 Å². The molecule has 1 N–H and O–H groups in total. The van der Waals surface area contributed by atoms with Crippen molar-refractivity contribution in [3.05, 3.63) is 102 Å². The van der Waals surface area contributed by atoms with Crippen LogP contribution in [-0.4, -0.2) is 65.0 Å². The number of amides is 2. The lowest BCUT2D eigenvalue weighted by Gasteiger charge is -2.32. The average Bonchev–Trinajstić information content (AvgIpc) is 3.43. The molecule has 0 aliphatic heterocycles. The molecule has 5 rings (SSSR count). The molecule has 0 saturated heterocycles. The number of benzene rings is 3. The van der Waals surface area contributed by atoms with Gasteiger partial charge in [-0.3, -0.25) is 14.6 Å². The van der Waals surface area contributed by atoms with Gasteiger partial charge in [-0.1, -0.05) is 29.5 Å². The van der Waals surface area contributed by atoms with Crippen molar-refractivity contribution >= 4 is 34.2 Å². The van der Waals surface area contributed by atoms with Gasteiger partial charge in [-0.2, -0.15) is 0 Å². The summed E-state index contributed by atoms with van der Waals surface area (Å²) in [6.07, 6.45) is 3.34. The quantitative estimate of drug-likeness (QED) is 0.246. The number of fused-ring (bicyclic) bond motifs is 1. The molecule has 3 aromatic carbocycles. The molecule has 0 aliphatic rings. The SMILES string of the molecule is COc1ccc([C@H](C(=O)Nc2ccc(N(C)C)cc2)N(Cc2cccnc2)C(=O)Cn2nnc3ccccc32)cc1OC. The number of nitrogens with zero attached hydrogens (tertiary/aromatic N) is 6. The minimum Gasteiger partial charge on any atom is -0.493 e. The fourth-order valence-corrected chi connectivity index (χ4v) is 4.81. The monoisotopic (exact) mass is 579 g/mol. The van der Waals surface area contributed by atoms with E-state index in [2.05, 4.69) is 20.6 Å². The molecular weight excluding hydrogens is 546 g/mol. The number of rotatable bonds is 11. The largest absolute Gasteiger partial charge is 0.493 e. The third-order valence-corrected chi connectivity index (χ3v) is 7.04. The van der Waals surface area contributed by atoms with Crippen LogP contribution in [0, 0.1) is 0 Å². The Bertz CT molecular complexity index is 1700. The standard InChI is InChI=1S/C32H33N7O4/c1-37(2)25-14-12-24(13-15-25)34-32(41)31(23-11-16-28(42-3)29(18-23)43-4)38(20-22-8-7-17-33-19-22)30(40)21-39-27-10-6-5-9-26(27)35-36-39/h5-19,31H,20-21H2,1-4H3,(H,34,41)/t31-/m1/s1. The number of anilines is 2. The maximum absolute atomic E-state index is 14.2. The molecule has 2 aromatic heterocycles. The molecule has 2 amide bonds. The van der Waals surface area contributed by atoms with Crippen LogP contribution in [0.2, 0.25) is 0 Å². The molecule has 5 aromatic rings. The molecule has 0 bridgehead atoms. The summed E-state index contributed by atoms with van der Waals surface area (Å²) in [5, 5.41) is 11.4. The summed E-state index contributed by atoms with van der Waals surface area (Å²) in [6.45, 7) is -0.0132. The Morgan fingerprint density at radius 2 is 1.70 bits per heavy atom. The summed E-state index contributed by atoms with van der Waals surface area (Å²) in [7, 11) is 6.96. The van der Waals surface area contributed by atoms with E-state index in [1.54, 1.807) is 43.8 Å². The topological polar surface area (TPSA) is 115 Å². The first-order valence-electron chi connectivity index (χ1n) is 13.6. The van der Waals surface area contributed by atoms with E-state index < -0.39 is 11.9 Å². The van der Waals surface area contributed by atoms with Gasteiger partial charge in [0, 0.05) is 44.4 Å². The zero-order chi connectivity index (χ0) is 30.3. The molecule has 11 nitrogen and oxygen atoms in total. The van der Waals surface area contributed by atoms with Crippen LogP contribution in [0.4, 0.5) is 11.4 Å². The number of pyridine rings is 1. The number of carbonyl (C=O) groups excluding carboxylic acids is 2. The second-order valence-corrected chi connectivity index (χ2v) is 10.1. The van der Waals surface area contributed by atoms with E-state index in [1.165, 1.54) is 16.7 Å². The number of methoxy groups -OCH3 is 2. The number of para-hydroxylation sites is 1. The van der Waals surface area contributed by atoms with Gasteiger partial charge < -0.3 is 24.6 Å². The molecule has 0 fully saturated rings. The Morgan fingerprint density at radius 3 is 2.40 bits per heavy atom. The average molecular weight is 580 g/mol. The minimum absolute atomic E-state index is 0.116. The van der Waals surface area contributed by atoms with Crippen LogP contribution in [0.5, 0.6) is 11.5 Å². The van der Waals surface area contributed by atoms with E-state index in [-0.39, 0.29) is 19.0 Å². The Labute approximate surface area is 249 Å². The normalized spacial score (nSPS) is 11.5. The van der Waals surface area contributed by atoms with Crippen molar-refractivity contribution in [1.82, 2.24) is 24.9 Å². The van der Waals surface area contributed by atoms with Gasteiger partial charge in [0.15, 0.2) is 11.5 Å². The number of hydrogen-bond acceptors (Lipinski definition) is 8. The first kappa shape index (κ1) is 29.1. The summed E-state index contributed by atoms with van der Waals surface area (Å²) >= 11 is 0. The Hall–Kier alpha value is -5.45. The lowest BCUT2D eigenvalue weighted by atomic mass is 10.0. The van der Waals surface area contributed by atoms with Gasteiger partial charge in [0.2, 0.25) is 5.91 Å². The molecule has 11 heteroatoms. The van der Waals surface area contributed by atoms with Crippen LogP contribution in [-0.2, 0) is 22.7 Å². The second kappa shape index (κ2) is 13.0. The summed E-state index contributed by atoms with van der Waals surface area (Å²) in [6, 6.07) is 22.7. The van der Waals surface area contributed by atoms with Crippen LogP contribution in [0.1, 0.15) is 17.2 Å². The lowest BCUT2D eigenvalue weighted by molar-refractivity contribution is -0.140. The van der Waals surface area contributed by atoms with E-state index in [4.69, 9.17) is 9.47 Å². The Kier molecular flexibility index (Phi) is 8.80. The van der Waals surface area contributed by atoms with Crippen LogP contribution >= 0.6 is 0 Å². The predicted octanol–water partition coefficient (Wildman–Crippen LogP) is 4.32. The van der Waals surface area contributed by atoms with Gasteiger partial charge in [0.1, 0.15) is 18.1 Å². The fraction of sp³-hybridized carbons (Fsp3) is 0.219. The van der Waals surface area contributed by atoms with E-state index >= 15 is 0 Å². The van der Waals surface area contributed by atoms with E-state index in [1.807, 2.05) is 73.6 Å². The number of hydrogen-bond donors (Lipinski definition) is 1. The summed E-state index contributed by atoms with van der Waals surface area (Å²) in [4.78, 5) is 36.1. The van der Waals surface area contributed by atoms with Crippen molar-refractivity contribution < 1.29 is 19.1 Å². The summed E-state index contributed by atoms with van der Waals surface area (Å²) in [5.74, 6) is 0.205. The summed E-state index contributed by atoms with van der Waals surface area (Å²) < 4.78 is 12.5. The molecule has 1 atom stereocenters. The van der Waals surface area contributed by atoms with Gasteiger partial charge >= 0.3 is 0 Å². The highest BCUT2D eigenvalue weighted by Gasteiger charge is 2.33. The van der Waals surface area contributed by atoms with Crippen LogP contribution in [0.25, 0.3) is 11.0 Å². The van der Waals surface area contributed by atoms with Crippen molar-refractivity contribution in [3.63, 3.8) is 0 Å². The molecule has 0 radical (unpaired) electrons. The van der Waals surface area contributed by atoms with E-state index in [0.29, 0.717) is 33.8 Å². The molecule has 0 spiro atoms. The zero-order valence-electron chi connectivity index (χ0n) is 24.5. The molecule has 0 saturated carbocycles. The minimum atomic E-state index is -1.05. The molecule has 0 aliphatic carbocycles. The van der Waals surface area contributed by atoms with Crippen molar-refractivity contribution in [3.8, 4) is 11.5 Å².